The summed E-state index contributed by atoms with van der Waals surface area (Å²) in [6.07, 6.45) is 5.36. The van der Waals surface area contributed by atoms with Gasteiger partial charge in [-0.15, -0.1) is 0 Å². The third-order valence-electron chi connectivity index (χ3n) is 6.74. The molecule has 0 spiro atoms. The number of rotatable bonds is 7. The Labute approximate surface area is 212 Å². The van der Waals surface area contributed by atoms with E-state index in [0.29, 0.717) is 35.0 Å². The number of ether oxygens (including phenoxy) is 1. The summed E-state index contributed by atoms with van der Waals surface area (Å²) in [5.74, 6) is -0.0388. The van der Waals surface area contributed by atoms with Crippen molar-refractivity contribution in [3.8, 4) is 28.1 Å². The number of hydrogen-bond donors (Lipinski definition) is 1. The van der Waals surface area contributed by atoms with Gasteiger partial charge in [-0.2, -0.15) is 15.3 Å². The van der Waals surface area contributed by atoms with E-state index >= 15 is 0 Å². The van der Waals surface area contributed by atoms with Gasteiger partial charge in [0, 0.05) is 62.4 Å². The highest BCUT2D eigenvalue weighted by molar-refractivity contribution is 5.74. The highest BCUT2D eigenvalue weighted by Crippen LogP contribution is 2.34. The van der Waals surface area contributed by atoms with Gasteiger partial charge in [0.1, 0.15) is 12.5 Å². The third kappa shape index (κ3) is 4.45. The molecule has 5 aromatic rings. The van der Waals surface area contributed by atoms with Gasteiger partial charge in [-0.3, -0.25) is 4.90 Å². The van der Waals surface area contributed by atoms with Crippen molar-refractivity contribution >= 4 is 5.65 Å². The molecule has 6 rings (SSSR count). The van der Waals surface area contributed by atoms with Crippen molar-refractivity contribution in [1.29, 1.82) is 0 Å². The molecule has 4 aromatic heterocycles. The summed E-state index contributed by atoms with van der Waals surface area (Å²) in [5.41, 5.74) is 5.56. The number of phenols is 1. The first kappa shape index (κ1) is 23.3. The number of aromatic nitrogens is 6. The van der Waals surface area contributed by atoms with Crippen LogP contribution in [0.25, 0.3) is 28.0 Å². The molecule has 10 heteroatoms. The summed E-state index contributed by atoms with van der Waals surface area (Å²) in [7, 11) is 1.66. The number of aromatic hydroxyl groups is 1. The summed E-state index contributed by atoms with van der Waals surface area (Å²) >= 11 is 0. The molecule has 0 aliphatic carbocycles. The van der Waals surface area contributed by atoms with E-state index < -0.39 is 5.82 Å². The molecule has 0 amide bonds. The standard InChI is InChI=1S/C27H26FN7O2/c1-17-11-34-14-19(9-23(28)27(34)30-17)18-3-4-22(26(36)10-18)25-6-5-24(31-32-25)20-12-33(13-20)15-21-7-8-29-35(21)16-37-2/h3-11,14,20,36H,12-13,15-16H2,1-2H3. The maximum Gasteiger partial charge on any atom is 0.173 e. The molecule has 5 heterocycles. The number of pyridine rings is 1. The molecule has 0 atom stereocenters. The van der Waals surface area contributed by atoms with Crippen molar-refractivity contribution in [2.75, 3.05) is 20.2 Å². The summed E-state index contributed by atoms with van der Waals surface area (Å²) in [4.78, 5) is 6.52. The van der Waals surface area contributed by atoms with E-state index in [2.05, 4.69) is 25.2 Å². The number of methoxy groups -OCH3 is 1. The minimum atomic E-state index is -0.411. The van der Waals surface area contributed by atoms with Crippen molar-refractivity contribution in [3.05, 3.63) is 84.0 Å². The molecule has 37 heavy (non-hydrogen) atoms. The zero-order valence-corrected chi connectivity index (χ0v) is 20.5. The molecule has 0 unspecified atom stereocenters. The molecular weight excluding hydrogens is 473 g/mol. The predicted octanol–water partition coefficient (Wildman–Crippen LogP) is 4.01. The van der Waals surface area contributed by atoms with Crippen LogP contribution in [0.4, 0.5) is 4.39 Å². The Morgan fingerprint density at radius 2 is 1.92 bits per heavy atom. The maximum absolute atomic E-state index is 14.5. The molecule has 0 radical (unpaired) electrons. The first-order valence-corrected chi connectivity index (χ1v) is 12.0. The lowest BCUT2D eigenvalue weighted by molar-refractivity contribution is 0.102. The van der Waals surface area contributed by atoms with Crippen molar-refractivity contribution in [1.82, 2.24) is 34.3 Å². The number of likely N-dealkylation sites (tertiary alicyclic amines) is 1. The molecule has 0 bridgehead atoms. The molecule has 1 aliphatic heterocycles. The highest BCUT2D eigenvalue weighted by Gasteiger charge is 2.30. The second kappa shape index (κ2) is 9.38. The summed E-state index contributed by atoms with van der Waals surface area (Å²) < 4.78 is 23.2. The fourth-order valence-electron chi connectivity index (χ4n) is 4.82. The van der Waals surface area contributed by atoms with E-state index in [0.717, 1.165) is 36.7 Å². The van der Waals surface area contributed by atoms with Crippen LogP contribution < -0.4 is 0 Å². The number of halogens is 1. The average molecular weight is 500 g/mol. The predicted molar refractivity (Wildman–Crippen MR) is 135 cm³/mol. The average Bonchev–Trinajstić information content (AvgIpc) is 3.47. The summed E-state index contributed by atoms with van der Waals surface area (Å²) in [5, 5.41) is 23.8. The van der Waals surface area contributed by atoms with Crippen LogP contribution in [0.15, 0.2) is 61.1 Å². The maximum atomic E-state index is 14.5. The van der Waals surface area contributed by atoms with Crippen LogP contribution in [0.2, 0.25) is 0 Å². The first-order chi connectivity index (χ1) is 18.0. The van der Waals surface area contributed by atoms with Crippen LogP contribution in [0.3, 0.4) is 0 Å². The molecule has 0 saturated carbocycles. The first-order valence-electron chi connectivity index (χ1n) is 12.0. The van der Waals surface area contributed by atoms with Crippen LogP contribution in [0.1, 0.15) is 23.0 Å². The van der Waals surface area contributed by atoms with Crippen molar-refractivity contribution < 1.29 is 14.2 Å². The largest absolute Gasteiger partial charge is 0.507 e. The fourth-order valence-corrected chi connectivity index (χ4v) is 4.82. The smallest absolute Gasteiger partial charge is 0.173 e. The number of phenolic OH excluding ortho intramolecular Hbond substituents is 1. The van der Waals surface area contributed by atoms with Crippen molar-refractivity contribution in [2.45, 2.75) is 26.1 Å². The van der Waals surface area contributed by atoms with Gasteiger partial charge in [0.15, 0.2) is 11.5 Å². The topological polar surface area (TPSA) is 93.6 Å². The Balaban J connectivity index is 1.14. The Bertz CT molecular complexity index is 1570. The molecule has 188 valence electrons. The van der Waals surface area contributed by atoms with Crippen molar-refractivity contribution in [2.24, 2.45) is 0 Å². The van der Waals surface area contributed by atoms with E-state index in [-0.39, 0.29) is 11.4 Å². The van der Waals surface area contributed by atoms with Gasteiger partial charge in [-0.1, -0.05) is 6.07 Å². The van der Waals surface area contributed by atoms with Gasteiger partial charge < -0.3 is 14.2 Å². The molecule has 1 fully saturated rings. The van der Waals surface area contributed by atoms with E-state index in [1.807, 2.05) is 35.9 Å². The lowest BCUT2D eigenvalue weighted by atomic mass is 9.95. The minimum absolute atomic E-state index is 0.0596. The van der Waals surface area contributed by atoms with Crippen LogP contribution in [0, 0.1) is 12.7 Å². The quantitative estimate of drug-likeness (QED) is 0.362. The number of aryl methyl sites for hydroxylation is 1. The Morgan fingerprint density at radius 1 is 1.05 bits per heavy atom. The minimum Gasteiger partial charge on any atom is -0.507 e. The van der Waals surface area contributed by atoms with Gasteiger partial charge in [0.2, 0.25) is 0 Å². The van der Waals surface area contributed by atoms with E-state index in [1.54, 1.807) is 42.2 Å². The van der Waals surface area contributed by atoms with E-state index in [1.165, 1.54) is 6.07 Å². The highest BCUT2D eigenvalue weighted by atomic mass is 19.1. The number of benzene rings is 1. The number of hydrogen-bond acceptors (Lipinski definition) is 7. The third-order valence-corrected chi connectivity index (χ3v) is 6.74. The number of nitrogens with zero attached hydrogens (tertiary/aromatic N) is 7. The Hall–Kier alpha value is -4.15. The second-order valence-corrected chi connectivity index (χ2v) is 9.40. The van der Waals surface area contributed by atoms with E-state index in [4.69, 9.17) is 4.74 Å². The number of imidazole rings is 1. The molecule has 1 aromatic carbocycles. The molecule has 1 saturated heterocycles. The normalized spacial score (nSPS) is 14.4. The monoisotopic (exact) mass is 499 g/mol. The number of fused-ring (bicyclic) bond motifs is 1. The lowest BCUT2D eigenvalue weighted by Crippen LogP contribution is -2.45. The zero-order valence-electron chi connectivity index (χ0n) is 20.5. The van der Waals surface area contributed by atoms with Crippen LogP contribution in [-0.4, -0.2) is 59.6 Å². The second-order valence-electron chi connectivity index (χ2n) is 9.40. The molecule has 1 aliphatic rings. The summed E-state index contributed by atoms with van der Waals surface area (Å²) in [6, 6.07) is 12.5. The molecular formula is C27H26FN7O2. The lowest BCUT2D eigenvalue weighted by Gasteiger charge is -2.38. The van der Waals surface area contributed by atoms with Gasteiger partial charge in [0.25, 0.3) is 0 Å². The van der Waals surface area contributed by atoms with Crippen LogP contribution in [-0.2, 0) is 18.0 Å². The van der Waals surface area contributed by atoms with Crippen molar-refractivity contribution in [3.63, 3.8) is 0 Å². The van der Waals surface area contributed by atoms with Gasteiger partial charge in [-0.25, -0.2) is 14.1 Å². The van der Waals surface area contributed by atoms with Gasteiger partial charge >= 0.3 is 0 Å². The van der Waals surface area contributed by atoms with Crippen LogP contribution in [0.5, 0.6) is 5.75 Å². The molecule has 1 N–H and O–H groups in total. The molecule has 9 nitrogen and oxygen atoms in total. The SMILES string of the molecule is COCn1nccc1CN1CC(c2ccc(-c3ccc(-c4cc(F)c5nc(C)cn5c4)cc3O)nn2)C1. The fraction of sp³-hybridized carbons (Fsp3) is 0.259. The Morgan fingerprint density at radius 3 is 2.68 bits per heavy atom. The van der Waals surface area contributed by atoms with Gasteiger partial charge in [0.05, 0.1) is 22.8 Å². The van der Waals surface area contributed by atoms with Crippen LogP contribution >= 0.6 is 0 Å². The Kier molecular flexibility index (Phi) is 5.90. The van der Waals surface area contributed by atoms with Gasteiger partial charge in [-0.05, 0) is 48.9 Å². The zero-order chi connectivity index (χ0) is 25.5. The summed E-state index contributed by atoms with van der Waals surface area (Å²) in [6.45, 7) is 4.85. The van der Waals surface area contributed by atoms with E-state index in [9.17, 15) is 9.50 Å².